The number of halogens is 1. The molecule has 1 N–H and O–H groups in total. The van der Waals surface area contributed by atoms with Crippen molar-refractivity contribution in [2.75, 3.05) is 13.2 Å². The van der Waals surface area contributed by atoms with Crippen LogP contribution in [0.4, 0.5) is 0 Å². The third-order valence-corrected chi connectivity index (χ3v) is 3.72. The molecule has 0 radical (unpaired) electrons. The molecule has 0 unspecified atom stereocenters. The van der Waals surface area contributed by atoms with E-state index in [4.69, 9.17) is 16.3 Å². The van der Waals surface area contributed by atoms with Gasteiger partial charge in [-0.2, -0.15) is 0 Å². The Bertz CT molecular complexity index is 417. The van der Waals surface area contributed by atoms with Crippen molar-refractivity contribution in [2.24, 2.45) is 0 Å². The van der Waals surface area contributed by atoms with Gasteiger partial charge in [0.25, 0.3) is 5.91 Å². The lowest BCUT2D eigenvalue weighted by molar-refractivity contribution is -0.142. The standard InChI is InChI=1S/C11H14ClNO3S/c1-3-16-8(14)4-5-13-11(15)10-9(12)7(2)6-17-10/h6H,3-5H2,1-2H3,(H,13,15). The molecule has 0 bridgehead atoms. The Labute approximate surface area is 109 Å². The summed E-state index contributed by atoms with van der Waals surface area (Å²) in [5.41, 5.74) is 0.882. The molecule has 1 aromatic rings. The molecule has 0 saturated heterocycles. The van der Waals surface area contributed by atoms with E-state index in [0.29, 0.717) is 16.5 Å². The molecule has 0 aliphatic heterocycles. The van der Waals surface area contributed by atoms with Crippen molar-refractivity contribution < 1.29 is 14.3 Å². The third kappa shape index (κ3) is 4.02. The van der Waals surface area contributed by atoms with Crippen LogP contribution in [0.3, 0.4) is 0 Å². The van der Waals surface area contributed by atoms with E-state index in [0.717, 1.165) is 5.56 Å². The van der Waals surface area contributed by atoms with Crippen LogP contribution in [0.25, 0.3) is 0 Å². The molecule has 94 valence electrons. The van der Waals surface area contributed by atoms with Gasteiger partial charge in [0.1, 0.15) is 4.88 Å². The third-order valence-electron chi connectivity index (χ3n) is 2.03. The predicted molar refractivity (Wildman–Crippen MR) is 67.6 cm³/mol. The first-order valence-electron chi connectivity index (χ1n) is 5.23. The summed E-state index contributed by atoms with van der Waals surface area (Å²) in [5.74, 6) is -0.571. The van der Waals surface area contributed by atoms with E-state index in [9.17, 15) is 9.59 Å². The van der Waals surface area contributed by atoms with Gasteiger partial charge >= 0.3 is 5.97 Å². The smallest absolute Gasteiger partial charge is 0.307 e. The SMILES string of the molecule is CCOC(=O)CCNC(=O)c1scc(C)c1Cl. The van der Waals surface area contributed by atoms with Crippen LogP contribution < -0.4 is 5.32 Å². The summed E-state index contributed by atoms with van der Waals surface area (Å²) < 4.78 is 4.74. The molecule has 1 rings (SSSR count). The topological polar surface area (TPSA) is 55.4 Å². The molecule has 1 aromatic heterocycles. The fourth-order valence-electron chi connectivity index (χ4n) is 1.17. The minimum atomic E-state index is -0.318. The molecule has 0 atom stereocenters. The van der Waals surface area contributed by atoms with Crippen LogP contribution in [0.15, 0.2) is 5.38 Å². The zero-order valence-corrected chi connectivity index (χ0v) is 11.3. The highest BCUT2D eigenvalue weighted by atomic mass is 35.5. The van der Waals surface area contributed by atoms with Crippen molar-refractivity contribution in [3.05, 3.63) is 20.8 Å². The minimum absolute atomic E-state index is 0.168. The molecule has 6 heteroatoms. The number of ether oxygens (including phenoxy) is 1. The van der Waals surface area contributed by atoms with E-state index in [1.165, 1.54) is 11.3 Å². The molecule has 0 fully saturated rings. The summed E-state index contributed by atoms with van der Waals surface area (Å²) in [6.45, 7) is 4.19. The summed E-state index contributed by atoms with van der Waals surface area (Å²) in [5, 5.41) is 4.93. The van der Waals surface area contributed by atoms with E-state index < -0.39 is 0 Å². The molecule has 1 heterocycles. The van der Waals surface area contributed by atoms with E-state index in [1.807, 2.05) is 12.3 Å². The fourth-order valence-corrected chi connectivity index (χ4v) is 2.37. The average Bonchev–Trinajstić information content (AvgIpc) is 2.60. The summed E-state index contributed by atoms with van der Waals surface area (Å²) in [6, 6.07) is 0. The van der Waals surface area contributed by atoms with E-state index in [2.05, 4.69) is 5.32 Å². The van der Waals surface area contributed by atoms with Crippen molar-refractivity contribution in [2.45, 2.75) is 20.3 Å². The van der Waals surface area contributed by atoms with Crippen LogP contribution in [-0.2, 0) is 9.53 Å². The quantitative estimate of drug-likeness (QED) is 0.840. The predicted octanol–water partition coefficient (Wildman–Crippen LogP) is 2.39. The van der Waals surface area contributed by atoms with Crippen LogP contribution in [0.2, 0.25) is 5.02 Å². The van der Waals surface area contributed by atoms with Crippen LogP contribution in [0.5, 0.6) is 0 Å². The maximum Gasteiger partial charge on any atom is 0.307 e. The van der Waals surface area contributed by atoms with Gasteiger partial charge in [-0.3, -0.25) is 9.59 Å². The Hall–Kier alpha value is -1.07. The zero-order valence-electron chi connectivity index (χ0n) is 9.71. The van der Waals surface area contributed by atoms with Crippen molar-refractivity contribution >= 4 is 34.8 Å². The second-order valence-corrected chi connectivity index (χ2v) is 4.63. The first-order valence-corrected chi connectivity index (χ1v) is 6.49. The minimum Gasteiger partial charge on any atom is -0.466 e. The van der Waals surface area contributed by atoms with Crippen molar-refractivity contribution in [3.63, 3.8) is 0 Å². The lowest BCUT2D eigenvalue weighted by Gasteiger charge is -2.04. The lowest BCUT2D eigenvalue weighted by atomic mass is 10.3. The normalized spacial score (nSPS) is 10.1. The molecular formula is C11H14ClNO3S. The number of hydrogen-bond donors (Lipinski definition) is 1. The Morgan fingerprint density at radius 1 is 1.53 bits per heavy atom. The highest BCUT2D eigenvalue weighted by Crippen LogP contribution is 2.26. The van der Waals surface area contributed by atoms with Crippen LogP contribution in [0, 0.1) is 6.92 Å². The molecule has 0 spiro atoms. The van der Waals surface area contributed by atoms with Crippen molar-refractivity contribution in [1.82, 2.24) is 5.32 Å². The first kappa shape index (κ1) is 14.0. The van der Waals surface area contributed by atoms with Gasteiger partial charge in [-0.15, -0.1) is 11.3 Å². The fraction of sp³-hybridized carbons (Fsp3) is 0.455. The second kappa shape index (κ2) is 6.61. The van der Waals surface area contributed by atoms with Crippen LogP contribution in [0.1, 0.15) is 28.6 Å². The average molecular weight is 276 g/mol. The largest absolute Gasteiger partial charge is 0.466 e. The first-order chi connectivity index (χ1) is 8.06. The number of carbonyl (C=O) groups excluding carboxylic acids is 2. The van der Waals surface area contributed by atoms with Gasteiger partial charge in [0.15, 0.2) is 0 Å². The van der Waals surface area contributed by atoms with Gasteiger partial charge < -0.3 is 10.1 Å². The Balaban J connectivity index is 2.40. The number of thiophene rings is 1. The molecule has 0 aromatic carbocycles. The molecular weight excluding hydrogens is 262 g/mol. The van der Waals surface area contributed by atoms with E-state index in [-0.39, 0.29) is 24.8 Å². The summed E-state index contributed by atoms with van der Waals surface area (Å²) in [6.07, 6.45) is 0.168. The number of rotatable bonds is 5. The Morgan fingerprint density at radius 3 is 2.76 bits per heavy atom. The highest BCUT2D eigenvalue weighted by molar-refractivity contribution is 7.13. The number of esters is 1. The molecule has 17 heavy (non-hydrogen) atoms. The van der Waals surface area contributed by atoms with Gasteiger partial charge in [-0.05, 0) is 24.8 Å². The summed E-state index contributed by atoms with van der Waals surface area (Å²) in [4.78, 5) is 23.2. The molecule has 0 aliphatic rings. The van der Waals surface area contributed by atoms with Gasteiger partial charge in [0.2, 0.25) is 0 Å². The number of amides is 1. The molecule has 0 aliphatic carbocycles. The second-order valence-electron chi connectivity index (χ2n) is 3.37. The maximum absolute atomic E-state index is 11.7. The van der Waals surface area contributed by atoms with Gasteiger partial charge in [-0.1, -0.05) is 11.6 Å². The Kier molecular flexibility index (Phi) is 5.44. The summed E-state index contributed by atoms with van der Waals surface area (Å²) in [7, 11) is 0. The maximum atomic E-state index is 11.7. The van der Waals surface area contributed by atoms with Crippen molar-refractivity contribution in [1.29, 1.82) is 0 Å². The Morgan fingerprint density at radius 2 is 2.24 bits per heavy atom. The molecule has 4 nitrogen and oxygen atoms in total. The highest BCUT2D eigenvalue weighted by Gasteiger charge is 2.14. The van der Waals surface area contributed by atoms with Gasteiger partial charge in [0.05, 0.1) is 18.1 Å². The van der Waals surface area contributed by atoms with Crippen LogP contribution in [-0.4, -0.2) is 25.0 Å². The van der Waals surface area contributed by atoms with E-state index >= 15 is 0 Å². The zero-order chi connectivity index (χ0) is 12.8. The number of carbonyl (C=O) groups is 2. The summed E-state index contributed by atoms with van der Waals surface area (Å²) >= 11 is 7.25. The number of nitrogens with one attached hydrogen (secondary N) is 1. The number of aryl methyl sites for hydroxylation is 1. The van der Waals surface area contributed by atoms with Crippen molar-refractivity contribution in [3.8, 4) is 0 Å². The van der Waals surface area contributed by atoms with Gasteiger partial charge in [0, 0.05) is 6.54 Å². The number of hydrogen-bond acceptors (Lipinski definition) is 4. The van der Waals surface area contributed by atoms with E-state index in [1.54, 1.807) is 6.92 Å². The monoisotopic (exact) mass is 275 g/mol. The van der Waals surface area contributed by atoms with Crippen LogP contribution >= 0.6 is 22.9 Å². The molecule has 0 saturated carbocycles. The lowest BCUT2D eigenvalue weighted by Crippen LogP contribution is -2.26. The van der Waals surface area contributed by atoms with Gasteiger partial charge in [-0.25, -0.2) is 0 Å². The molecule has 1 amide bonds.